The SMILES string of the molecule is COc1ccc2c(c1)-c1cc(=O)c(C(=O)O)cn1N(C(C)C)C2. The molecule has 0 amide bonds. The zero-order valence-electron chi connectivity index (χ0n) is 13.2. The standard InChI is InChI=1S/C17H18N2O4/c1-10(2)18-8-11-4-5-12(23-3)6-13(11)15-7-16(20)14(17(21)22)9-19(15)18/h4-7,9-10H,8H2,1-3H3,(H,21,22). The molecule has 0 aliphatic carbocycles. The molecule has 0 atom stereocenters. The molecule has 0 spiro atoms. The quantitative estimate of drug-likeness (QED) is 0.939. The van der Waals surface area contributed by atoms with Gasteiger partial charge in [-0.05, 0) is 31.5 Å². The fourth-order valence-corrected chi connectivity index (χ4v) is 2.84. The van der Waals surface area contributed by atoms with Crippen molar-refractivity contribution in [2.75, 3.05) is 12.1 Å². The highest BCUT2D eigenvalue weighted by atomic mass is 16.5. The third-order valence-corrected chi connectivity index (χ3v) is 4.06. The Morgan fingerprint density at radius 1 is 1.30 bits per heavy atom. The number of nitrogens with zero attached hydrogens (tertiary/aromatic N) is 2. The van der Waals surface area contributed by atoms with E-state index in [1.165, 1.54) is 12.3 Å². The maximum atomic E-state index is 12.1. The van der Waals surface area contributed by atoms with Crippen molar-refractivity contribution in [1.82, 2.24) is 4.68 Å². The largest absolute Gasteiger partial charge is 0.497 e. The van der Waals surface area contributed by atoms with Gasteiger partial charge in [-0.2, -0.15) is 0 Å². The lowest BCUT2D eigenvalue weighted by Crippen LogP contribution is -2.44. The van der Waals surface area contributed by atoms with Gasteiger partial charge in [0.25, 0.3) is 0 Å². The number of carbonyl (C=O) groups is 1. The molecule has 0 bridgehead atoms. The van der Waals surface area contributed by atoms with Gasteiger partial charge in [-0.15, -0.1) is 0 Å². The summed E-state index contributed by atoms with van der Waals surface area (Å²) in [5.74, 6) is -0.520. The number of methoxy groups -OCH3 is 1. The molecule has 6 nitrogen and oxygen atoms in total. The Balaban J connectivity index is 2.30. The van der Waals surface area contributed by atoms with E-state index in [1.54, 1.807) is 11.8 Å². The van der Waals surface area contributed by atoms with Crippen LogP contribution in [0, 0.1) is 0 Å². The maximum Gasteiger partial charge on any atom is 0.341 e. The number of aromatic nitrogens is 1. The molecule has 1 N–H and O–H groups in total. The van der Waals surface area contributed by atoms with Gasteiger partial charge in [0.2, 0.25) is 0 Å². The Kier molecular flexibility index (Phi) is 3.60. The number of carboxylic acids is 1. The van der Waals surface area contributed by atoms with Gasteiger partial charge in [-0.25, -0.2) is 4.79 Å². The number of hydrogen-bond donors (Lipinski definition) is 1. The van der Waals surface area contributed by atoms with Crippen LogP contribution in [-0.2, 0) is 6.54 Å². The van der Waals surface area contributed by atoms with Crippen molar-refractivity contribution in [3.05, 3.63) is 51.8 Å². The van der Waals surface area contributed by atoms with Crippen molar-refractivity contribution >= 4 is 5.97 Å². The van der Waals surface area contributed by atoms with Crippen LogP contribution in [-0.4, -0.2) is 28.9 Å². The number of fused-ring (bicyclic) bond motifs is 3. The molecule has 6 heteroatoms. The monoisotopic (exact) mass is 314 g/mol. The number of rotatable bonds is 3. The summed E-state index contributed by atoms with van der Waals surface area (Å²) in [6.07, 6.45) is 1.41. The summed E-state index contributed by atoms with van der Waals surface area (Å²) >= 11 is 0. The summed E-state index contributed by atoms with van der Waals surface area (Å²) in [6.45, 7) is 4.68. The average molecular weight is 314 g/mol. The van der Waals surface area contributed by atoms with Crippen molar-refractivity contribution in [3.63, 3.8) is 0 Å². The summed E-state index contributed by atoms with van der Waals surface area (Å²) in [4.78, 5) is 23.4. The van der Waals surface area contributed by atoms with Crippen molar-refractivity contribution in [2.45, 2.75) is 26.4 Å². The Morgan fingerprint density at radius 3 is 2.65 bits per heavy atom. The number of pyridine rings is 1. The van der Waals surface area contributed by atoms with E-state index in [2.05, 4.69) is 0 Å². The van der Waals surface area contributed by atoms with Gasteiger partial charge in [-0.3, -0.25) is 9.47 Å². The first-order chi connectivity index (χ1) is 10.9. The lowest BCUT2D eigenvalue weighted by atomic mass is 10.00. The van der Waals surface area contributed by atoms with Crippen LogP contribution < -0.4 is 15.2 Å². The molecule has 0 saturated heterocycles. The summed E-state index contributed by atoms with van der Waals surface area (Å²) < 4.78 is 7.03. The van der Waals surface area contributed by atoms with E-state index >= 15 is 0 Å². The molecule has 0 radical (unpaired) electrons. The fraction of sp³-hybridized carbons (Fsp3) is 0.294. The van der Waals surface area contributed by atoms with Crippen LogP contribution in [0.3, 0.4) is 0 Å². The van der Waals surface area contributed by atoms with Crippen molar-refractivity contribution < 1.29 is 14.6 Å². The molecule has 2 heterocycles. The Hall–Kier alpha value is -2.76. The minimum Gasteiger partial charge on any atom is -0.497 e. The number of ether oxygens (including phenoxy) is 1. The maximum absolute atomic E-state index is 12.1. The summed E-state index contributed by atoms with van der Waals surface area (Å²) in [5, 5.41) is 11.2. The number of benzene rings is 1. The van der Waals surface area contributed by atoms with Crippen molar-refractivity contribution in [3.8, 4) is 17.0 Å². The van der Waals surface area contributed by atoms with Gasteiger partial charge in [0.05, 0.1) is 19.3 Å². The zero-order chi connectivity index (χ0) is 16.7. The highest BCUT2D eigenvalue weighted by Crippen LogP contribution is 2.32. The average Bonchev–Trinajstić information content (AvgIpc) is 2.52. The first-order valence-electron chi connectivity index (χ1n) is 7.36. The number of hydrogen-bond acceptors (Lipinski definition) is 4. The Morgan fingerprint density at radius 2 is 2.04 bits per heavy atom. The van der Waals surface area contributed by atoms with Crippen LogP contribution in [0.1, 0.15) is 29.8 Å². The molecular weight excluding hydrogens is 296 g/mol. The molecule has 3 rings (SSSR count). The van der Waals surface area contributed by atoms with E-state index < -0.39 is 11.4 Å². The molecule has 2 aromatic rings. The number of carboxylic acid groups (broad SMARTS) is 1. The first-order valence-corrected chi connectivity index (χ1v) is 7.36. The van der Waals surface area contributed by atoms with E-state index in [9.17, 15) is 14.7 Å². The van der Waals surface area contributed by atoms with Gasteiger partial charge < -0.3 is 14.9 Å². The minimum atomic E-state index is -1.22. The topological polar surface area (TPSA) is 71.8 Å². The van der Waals surface area contributed by atoms with Gasteiger partial charge in [0.15, 0.2) is 5.43 Å². The van der Waals surface area contributed by atoms with Gasteiger partial charge in [-0.1, -0.05) is 6.07 Å². The zero-order valence-corrected chi connectivity index (χ0v) is 13.2. The number of aromatic carboxylic acids is 1. The second-order valence-electron chi connectivity index (χ2n) is 5.80. The van der Waals surface area contributed by atoms with Crippen LogP contribution in [0.5, 0.6) is 5.75 Å². The van der Waals surface area contributed by atoms with Crippen LogP contribution >= 0.6 is 0 Å². The van der Waals surface area contributed by atoms with Gasteiger partial charge in [0.1, 0.15) is 11.3 Å². The van der Waals surface area contributed by atoms with Crippen molar-refractivity contribution in [1.29, 1.82) is 0 Å². The fourth-order valence-electron chi connectivity index (χ4n) is 2.84. The van der Waals surface area contributed by atoms with E-state index in [4.69, 9.17) is 4.74 Å². The smallest absolute Gasteiger partial charge is 0.341 e. The lowest BCUT2D eigenvalue weighted by Gasteiger charge is -2.38. The van der Waals surface area contributed by atoms with Crippen molar-refractivity contribution in [2.24, 2.45) is 0 Å². The highest BCUT2D eigenvalue weighted by Gasteiger charge is 2.25. The summed E-state index contributed by atoms with van der Waals surface area (Å²) in [7, 11) is 1.59. The van der Waals surface area contributed by atoms with Crippen LogP contribution in [0.25, 0.3) is 11.3 Å². The van der Waals surface area contributed by atoms with Crippen LogP contribution in [0.2, 0.25) is 0 Å². The normalized spacial score (nSPS) is 12.8. The molecule has 1 aliphatic heterocycles. The van der Waals surface area contributed by atoms with Crippen LogP contribution in [0.4, 0.5) is 0 Å². The Labute approximate surface area is 133 Å². The predicted molar refractivity (Wildman–Crippen MR) is 86.7 cm³/mol. The summed E-state index contributed by atoms with van der Waals surface area (Å²) in [5.41, 5.74) is 1.90. The van der Waals surface area contributed by atoms with E-state index in [0.717, 1.165) is 11.1 Å². The first kappa shape index (κ1) is 15.1. The molecule has 1 aromatic heterocycles. The molecule has 0 saturated carbocycles. The second kappa shape index (κ2) is 5.46. The predicted octanol–water partition coefficient (Wildman–Crippen LogP) is 2.08. The molecular formula is C17H18N2O4. The highest BCUT2D eigenvalue weighted by molar-refractivity contribution is 5.87. The van der Waals surface area contributed by atoms with Gasteiger partial charge >= 0.3 is 5.97 Å². The summed E-state index contributed by atoms with van der Waals surface area (Å²) in [6, 6.07) is 7.27. The minimum absolute atomic E-state index is 0.146. The lowest BCUT2D eigenvalue weighted by molar-refractivity contribution is 0.0694. The second-order valence-corrected chi connectivity index (χ2v) is 5.80. The van der Waals surface area contributed by atoms with Gasteiger partial charge in [0, 0.05) is 23.9 Å². The third-order valence-electron chi connectivity index (χ3n) is 4.06. The van der Waals surface area contributed by atoms with E-state index in [1.807, 2.05) is 37.1 Å². The molecule has 1 aliphatic rings. The molecule has 1 aromatic carbocycles. The van der Waals surface area contributed by atoms with E-state index in [-0.39, 0.29) is 11.6 Å². The molecule has 0 fully saturated rings. The van der Waals surface area contributed by atoms with Crippen LogP contribution in [0.15, 0.2) is 35.3 Å². The molecule has 120 valence electrons. The Bertz CT molecular complexity index is 839. The third kappa shape index (κ3) is 2.46. The molecule has 23 heavy (non-hydrogen) atoms. The van der Waals surface area contributed by atoms with E-state index in [0.29, 0.717) is 18.0 Å². The molecule has 0 unspecified atom stereocenters.